The molecule has 1 saturated heterocycles. The van der Waals surface area contributed by atoms with Gasteiger partial charge in [-0.2, -0.15) is 0 Å². The zero-order chi connectivity index (χ0) is 14.0. The van der Waals surface area contributed by atoms with Crippen molar-refractivity contribution >= 4 is 11.7 Å². The van der Waals surface area contributed by atoms with Gasteiger partial charge in [-0.15, -0.1) is 0 Å². The lowest BCUT2D eigenvalue weighted by Crippen LogP contribution is -2.27. The number of aryl methyl sites for hydroxylation is 1. The second-order valence-electron chi connectivity index (χ2n) is 4.78. The number of carboxylic acid groups (broad SMARTS) is 1. The standard InChI is InChI=1S/C14H19NO4/c1-9-4-5-10(14(16)17)11(6-9)15-7-12(18-2)13(8-15)19-3/h4-6,12-13H,7-8H2,1-3H3,(H,16,17). The Labute approximate surface area is 112 Å². The minimum atomic E-state index is -0.912. The predicted octanol–water partition coefficient (Wildman–Crippen LogP) is 1.54. The van der Waals surface area contributed by atoms with E-state index >= 15 is 0 Å². The van der Waals surface area contributed by atoms with Gasteiger partial charge < -0.3 is 19.5 Å². The predicted molar refractivity (Wildman–Crippen MR) is 71.9 cm³/mol. The SMILES string of the molecule is COC1CN(c2cc(C)ccc2C(=O)O)CC1OC. The summed E-state index contributed by atoms with van der Waals surface area (Å²) in [7, 11) is 3.29. The molecule has 0 saturated carbocycles. The molecule has 2 unspecified atom stereocenters. The van der Waals surface area contributed by atoms with Crippen molar-refractivity contribution in [3.8, 4) is 0 Å². The zero-order valence-electron chi connectivity index (χ0n) is 11.4. The van der Waals surface area contributed by atoms with E-state index in [9.17, 15) is 9.90 Å². The van der Waals surface area contributed by atoms with Crippen LogP contribution in [0.1, 0.15) is 15.9 Å². The van der Waals surface area contributed by atoms with Crippen molar-refractivity contribution in [3.63, 3.8) is 0 Å². The van der Waals surface area contributed by atoms with E-state index in [0.29, 0.717) is 18.7 Å². The average molecular weight is 265 g/mol. The number of ether oxygens (including phenoxy) is 2. The van der Waals surface area contributed by atoms with Gasteiger partial charge in [0.15, 0.2) is 0 Å². The van der Waals surface area contributed by atoms with E-state index in [-0.39, 0.29) is 12.2 Å². The van der Waals surface area contributed by atoms with Gasteiger partial charge in [-0.3, -0.25) is 0 Å². The van der Waals surface area contributed by atoms with E-state index in [1.807, 2.05) is 24.0 Å². The van der Waals surface area contributed by atoms with Gasteiger partial charge in [-0.05, 0) is 24.6 Å². The number of hydrogen-bond donors (Lipinski definition) is 1. The van der Waals surface area contributed by atoms with Crippen molar-refractivity contribution < 1.29 is 19.4 Å². The van der Waals surface area contributed by atoms with Crippen LogP contribution in [0.25, 0.3) is 0 Å². The van der Waals surface area contributed by atoms with E-state index in [0.717, 1.165) is 11.3 Å². The molecule has 0 amide bonds. The lowest BCUT2D eigenvalue weighted by atomic mass is 10.1. The molecule has 0 aliphatic carbocycles. The Morgan fingerprint density at radius 2 is 1.84 bits per heavy atom. The van der Waals surface area contributed by atoms with Crippen LogP contribution in [0.4, 0.5) is 5.69 Å². The summed E-state index contributed by atoms with van der Waals surface area (Å²) < 4.78 is 10.8. The Hall–Kier alpha value is -1.59. The Morgan fingerprint density at radius 1 is 1.26 bits per heavy atom. The summed E-state index contributed by atoms with van der Waals surface area (Å²) in [5, 5.41) is 9.27. The monoisotopic (exact) mass is 265 g/mol. The normalized spacial score (nSPS) is 22.8. The molecule has 1 aromatic carbocycles. The fourth-order valence-corrected chi connectivity index (χ4v) is 2.48. The molecule has 0 bridgehead atoms. The number of rotatable bonds is 4. The zero-order valence-corrected chi connectivity index (χ0v) is 11.4. The summed E-state index contributed by atoms with van der Waals surface area (Å²) in [6, 6.07) is 5.35. The molecule has 1 fully saturated rings. The van der Waals surface area contributed by atoms with Crippen molar-refractivity contribution in [1.29, 1.82) is 0 Å². The maximum atomic E-state index is 11.3. The van der Waals surface area contributed by atoms with Crippen LogP contribution < -0.4 is 4.90 Å². The minimum absolute atomic E-state index is 0.0350. The molecule has 19 heavy (non-hydrogen) atoms. The molecule has 1 N–H and O–H groups in total. The highest BCUT2D eigenvalue weighted by molar-refractivity contribution is 5.94. The first-order valence-corrected chi connectivity index (χ1v) is 6.21. The third kappa shape index (κ3) is 2.72. The molecule has 0 aromatic heterocycles. The number of carboxylic acids is 1. The van der Waals surface area contributed by atoms with E-state index in [1.165, 1.54) is 0 Å². The molecule has 104 valence electrons. The van der Waals surface area contributed by atoms with Crippen molar-refractivity contribution in [3.05, 3.63) is 29.3 Å². The third-order valence-electron chi connectivity index (χ3n) is 3.55. The van der Waals surface area contributed by atoms with Gasteiger partial charge in [-0.1, -0.05) is 6.07 Å². The summed E-state index contributed by atoms with van der Waals surface area (Å²) in [6.45, 7) is 3.23. The molecule has 1 heterocycles. The third-order valence-corrected chi connectivity index (χ3v) is 3.55. The van der Waals surface area contributed by atoms with Gasteiger partial charge in [0.05, 0.1) is 11.3 Å². The largest absolute Gasteiger partial charge is 0.478 e. The summed E-state index contributed by atoms with van der Waals surface area (Å²) in [5.41, 5.74) is 2.08. The lowest BCUT2D eigenvalue weighted by molar-refractivity contribution is -0.00461. The number of benzene rings is 1. The maximum Gasteiger partial charge on any atom is 0.337 e. The number of aromatic carboxylic acids is 1. The average Bonchev–Trinajstić information content (AvgIpc) is 2.81. The molecular weight excluding hydrogens is 246 g/mol. The van der Waals surface area contributed by atoms with Gasteiger partial charge in [0.1, 0.15) is 12.2 Å². The highest BCUT2D eigenvalue weighted by Crippen LogP contribution is 2.28. The Bertz CT molecular complexity index is 463. The van der Waals surface area contributed by atoms with Crippen LogP contribution in [-0.2, 0) is 9.47 Å². The Kier molecular flexibility index (Phi) is 4.07. The van der Waals surface area contributed by atoms with Gasteiger partial charge in [0.2, 0.25) is 0 Å². The molecule has 5 heteroatoms. The van der Waals surface area contributed by atoms with E-state index in [2.05, 4.69) is 0 Å². The topological polar surface area (TPSA) is 59.0 Å². The molecule has 2 rings (SSSR count). The van der Waals surface area contributed by atoms with Crippen LogP contribution in [0, 0.1) is 6.92 Å². The van der Waals surface area contributed by atoms with E-state index in [1.54, 1.807) is 20.3 Å². The Balaban J connectivity index is 2.32. The number of hydrogen-bond acceptors (Lipinski definition) is 4. The minimum Gasteiger partial charge on any atom is -0.478 e. The van der Waals surface area contributed by atoms with Crippen LogP contribution in [0.3, 0.4) is 0 Å². The van der Waals surface area contributed by atoms with Gasteiger partial charge in [-0.25, -0.2) is 4.79 Å². The maximum absolute atomic E-state index is 11.3. The highest BCUT2D eigenvalue weighted by atomic mass is 16.5. The molecule has 1 aliphatic rings. The van der Waals surface area contributed by atoms with Crippen molar-refractivity contribution in [2.24, 2.45) is 0 Å². The number of methoxy groups -OCH3 is 2. The number of carbonyl (C=O) groups is 1. The number of nitrogens with zero attached hydrogens (tertiary/aromatic N) is 1. The van der Waals surface area contributed by atoms with Gasteiger partial charge >= 0.3 is 5.97 Å². The van der Waals surface area contributed by atoms with Gasteiger partial charge in [0.25, 0.3) is 0 Å². The first-order valence-electron chi connectivity index (χ1n) is 6.21. The molecule has 0 spiro atoms. The van der Waals surface area contributed by atoms with Crippen LogP contribution in [0.15, 0.2) is 18.2 Å². The molecule has 2 atom stereocenters. The van der Waals surface area contributed by atoms with E-state index < -0.39 is 5.97 Å². The first kappa shape index (κ1) is 13.8. The second-order valence-corrected chi connectivity index (χ2v) is 4.78. The summed E-state index contributed by atoms with van der Waals surface area (Å²) >= 11 is 0. The summed E-state index contributed by atoms with van der Waals surface area (Å²) in [6.07, 6.45) is -0.0701. The van der Waals surface area contributed by atoms with Gasteiger partial charge in [0, 0.05) is 27.3 Å². The summed E-state index contributed by atoms with van der Waals surface area (Å²) in [5.74, 6) is -0.912. The lowest BCUT2D eigenvalue weighted by Gasteiger charge is -2.20. The van der Waals surface area contributed by atoms with Crippen molar-refractivity contribution in [1.82, 2.24) is 0 Å². The van der Waals surface area contributed by atoms with Crippen LogP contribution >= 0.6 is 0 Å². The fourth-order valence-electron chi connectivity index (χ4n) is 2.48. The molecule has 1 aromatic rings. The van der Waals surface area contributed by atoms with Crippen LogP contribution in [0.5, 0.6) is 0 Å². The van der Waals surface area contributed by atoms with Crippen molar-refractivity contribution in [2.45, 2.75) is 19.1 Å². The highest BCUT2D eigenvalue weighted by Gasteiger charge is 2.34. The van der Waals surface area contributed by atoms with Crippen LogP contribution in [0.2, 0.25) is 0 Å². The number of anilines is 1. The summed E-state index contributed by atoms with van der Waals surface area (Å²) in [4.78, 5) is 13.3. The smallest absolute Gasteiger partial charge is 0.337 e. The van der Waals surface area contributed by atoms with Crippen molar-refractivity contribution in [2.75, 3.05) is 32.2 Å². The van der Waals surface area contributed by atoms with E-state index in [4.69, 9.17) is 9.47 Å². The fraction of sp³-hybridized carbons (Fsp3) is 0.500. The first-order chi connectivity index (χ1) is 9.06. The Morgan fingerprint density at radius 3 is 2.32 bits per heavy atom. The quantitative estimate of drug-likeness (QED) is 0.895. The van der Waals surface area contributed by atoms with Crippen LogP contribution in [-0.4, -0.2) is 50.6 Å². The second kappa shape index (κ2) is 5.59. The molecule has 5 nitrogen and oxygen atoms in total. The molecule has 1 aliphatic heterocycles. The molecular formula is C14H19NO4. The molecule has 0 radical (unpaired) electrons.